The highest BCUT2D eigenvalue weighted by Gasteiger charge is 2.23. The summed E-state index contributed by atoms with van der Waals surface area (Å²) in [6.07, 6.45) is 0.405. The van der Waals surface area contributed by atoms with Crippen molar-refractivity contribution >= 4 is 16.7 Å². The van der Waals surface area contributed by atoms with Crippen molar-refractivity contribution in [2.75, 3.05) is 7.11 Å². The van der Waals surface area contributed by atoms with Gasteiger partial charge in [0.2, 0.25) is 0 Å². The molecule has 0 amide bonds. The van der Waals surface area contributed by atoms with E-state index in [0.717, 1.165) is 4.68 Å². The average molecular weight is 407 g/mol. The summed E-state index contributed by atoms with van der Waals surface area (Å²) in [5, 5.41) is 24.7. The second-order valence-corrected chi connectivity index (χ2v) is 9.09. The van der Waals surface area contributed by atoms with Gasteiger partial charge in [0, 0.05) is 30.3 Å². The predicted molar refractivity (Wildman–Crippen MR) is 108 cm³/mol. The topological polar surface area (TPSA) is 114 Å². The molecule has 28 heavy (non-hydrogen) atoms. The second kappa shape index (κ2) is 9.11. The van der Waals surface area contributed by atoms with Gasteiger partial charge in [0.15, 0.2) is 0 Å². The van der Waals surface area contributed by atoms with Crippen molar-refractivity contribution in [3.05, 3.63) is 52.4 Å². The number of aliphatic hydroxyl groups is 1. The average Bonchev–Trinajstić information content (AvgIpc) is 2.62. The fraction of sp³-hybridized carbons (Fsp3) is 0.421. The molecule has 0 aliphatic heterocycles. The summed E-state index contributed by atoms with van der Waals surface area (Å²) in [6, 6.07) is 7.51. The molecule has 2 N–H and O–H groups in total. The summed E-state index contributed by atoms with van der Waals surface area (Å²) >= 11 is 0. The Morgan fingerprint density at radius 1 is 1.36 bits per heavy atom. The number of rotatable bonds is 7. The Bertz CT molecular complexity index is 934. The van der Waals surface area contributed by atoms with Gasteiger partial charge in [0.05, 0.1) is 30.2 Å². The zero-order chi connectivity index (χ0) is 20.9. The van der Waals surface area contributed by atoms with Gasteiger partial charge in [-0.2, -0.15) is 9.50 Å². The highest BCUT2D eigenvalue weighted by atomic mass is 32.2. The maximum atomic E-state index is 12.5. The first-order chi connectivity index (χ1) is 13.1. The molecular formula is C19H25N3O5S. The van der Waals surface area contributed by atoms with Crippen molar-refractivity contribution in [3.8, 4) is 11.5 Å². The zero-order valence-electron chi connectivity index (χ0n) is 16.3. The Morgan fingerprint density at radius 2 is 2.07 bits per heavy atom. The molecule has 0 aliphatic rings. The summed E-state index contributed by atoms with van der Waals surface area (Å²) < 4.78 is 22.4. The molecule has 0 saturated carbocycles. The van der Waals surface area contributed by atoms with Crippen molar-refractivity contribution in [1.82, 2.24) is 9.78 Å². The van der Waals surface area contributed by atoms with Gasteiger partial charge in [-0.1, -0.05) is 0 Å². The molecule has 0 spiro atoms. The molecule has 152 valence electrons. The van der Waals surface area contributed by atoms with E-state index < -0.39 is 21.8 Å². The molecule has 1 heterocycles. The minimum atomic E-state index is -1.60. The van der Waals surface area contributed by atoms with E-state index in [1.165, 1.54) is 31.5 Å². The van der Waals surface area contributed by atoms with Crippen molar-refractivity contribution in [2.45, 2.75) is 44.6 Å². The smallest absolute Gasteiger partial charge is 0.266 e. The number of aromatic hydroxyl groups is 1. The van der Waals surface area contributed by atoms with Crippen LogP contribution in [0.1, 0.15) is 32.8 Å². The van der Waals surface area contributed by atoms with Crippen LogP contribution in [0.25, 0.3) is 0 Å². The van der Waals surface area contributed by atoms with Crippen LogP contribution in [0.4, 0.5) is 0 Å². The van der Waals surface area contributed by atoms with Crippen molar-refractivity contribution in [1.29, 1.82) is 0 Å². The van der Waals surface area contributed by atoms with E-state index in [1.807, 2.05) is 0 Å². The van der Waals surface area contributed by atoms with Crippen LogP contribution in [0.3, 0.4) is 0 Å². The molecular weight excluding hydrogens is 382 g/mol. The number of nitrogens with zero attached hydrogens (tertiary/aromatic N) is 3. The Labute approximate surface area is 166 Å². The van der Waals surface area contributed by atoms with E-state index >= 15 is 0 Å². The Morgan fingerprint density at radius 3 is 2.64 bits per heavy atom. The van der Waals surface area contributed by atoms with Crippen molar-refractivity contribution < 1.29 is 19.2 Å². The van der Waals surface area contributed by atoms with Crippen LogP contribution < -0.4 is 10.3 Å². The molecule has 0 aliphatic carbocycles. The lowest BCUT2D eigenvalue weighted by molar-refractivity contribution is 0.154. The normalized spacial score (nSPS) is 14.5. The lowest BCUT2D eigenvalue weighted by Crippen LogP contribution is -2.30. The lowest BCUT2D eigenvalue weighted by Gasteiger charge is -2.18. The minimum absolute atomic E-state index is 0.0231. The standard InChI is InChI=1S/C19H25N3O5S/c1-19(2,3)28(26)21-16(15-8-7-14(27-4)11-17(15)24)10-13(23)12-22-18(25)6-5-9-20-22/h5-9,11,13,23-24H,10,12H2,1-4H3/b21-16+/t13-,28?/m0/s1. The number of aliphatic hydroxyl groups excluding tert-OH is 1. The van der Waals surface area contributed by atoms with Crippen LogP contribution in [0.2, 0.25) is 0 Å². The number of hydrogen-bond donors (Lipinski definition) is 2. The lowest BCUT2D eigenvalue weighted by atomic mass is 10.0. The van der Waals surface area contributed by atoms with E-state index in [9.17, 15) is 19.2 Å². The van der Waals surface area contributed by atoms with Crippen LogP contribution in [-0.2, 0) is 17.5 Å². The molecule has 0 radical (unpaired) electrons. The molecule has 0 bridgehead atoms. The Kier molecular flexibility index (Phi) is 7.09. The van der Waals surface area contributed by atoms with Crippen LogP contribution in [0.5, 0.6) is 11.5 Å². The van der Waals surface area contributed by atoms with E-state index in [1.54, 1.807) is 32.9 Å². The summed E-state index contributed by atoms with van der Waals surface area (Å²) in [7, 11) is -0.122. The van der Waals surface area contributed by atoms with E-state index in [0.29, 0.717) is 11.3 Å². The first-order valence-electron chi connectivity index (χ1n) is 8.69. The highest BCUT2D eigenvalue weighted by molar-refractivity contribution is 7.85. The van der Waals surface area contributed by atoms with E-state index in [2.05, 4.69) is 9.50 Å². The van der Waals surface area contributed by atoms with Crippen molar-refractivity contribution in [2.24, 2.45) is 4.40 Å². The molecule has 2 rings (SSSR count). The third kappa shape index (κ3) is 5.74. The Balaban J connectivity index is 2.36. The van der Waals surface area contributed by atoms with Gasteiger partial charge >= 0.3 is 0 Å². The van der Waals surface area contributed by atoms with Crippen molar-refractivity contribution in [3.63, 3.8) is 0 Å². The molecule has 2 atom stereocenters. The van der Waals surface area contributed by atoms with Crippen LogP contribution in [0, 0.1) is 0 Å². The SMILES string of the molecule is COc1ccc(/C(C[C@H](O)Cn2ncccc2=O)=N/S(=O)C(C)(C)C)c(O)c1. The molecule has 1 aromatic heterocycles. The van der Waals surface area contributed by atoms with Crippen LogP contribution in [-0.4, -0.2) is 47.9 Å². The van der Waals surface area contributed by atoms with Gasteiger partial charge in [0.1, 0.15) is 22.5 Å². The molecule has 2 aromatic rings. The third-order valence-corrected chi connectivity index (χ3v) is 5.26. The maximum absolute atomic E-state index is 12.5. The fourth-order valence-electron chi connectivity index (χ4n) is 2.33. The molecule has 8 nitrogen and oxygen atoms in total. The van der Waals surface area contributed by atoms with Crippen LogP contribution >= 0.6 is 0 Å². The van der Waals surface area contributed by atoms with Gasteiger partial charge in [-0.3, -0.25) is 4.79 Å². The second-order valence-electron chi connectivity index (χ2n) is 7.18. The number of phenols is 1. The molecule has 1 aromatic carbocycles. The van der Waals surface area contributed by atoms with E-state index in [4.69, 9.17) is 4.74 Å². The number of aromatic nitrogens is 2. The maximum Gasteiger partial charge on any atom is 0.266 e. The quantitative estimate of drug-likeness (QED) is 0.675. The van der Waals surface area contributed by atoms with Crippen LogP contribution in [0.15, 0.2) is 45.7 Å². The zero-order valence-corrected chi connectivity index (χ0v) is 17.1. The summed E-state index contributed by atoms with van der Waals surface area (Å²) in [4.78, 5) is 11.8. The molecule has 9 heteroatoms. The number of methoxy groups -OCH3 is 1. The summed E-state index contributed by atoms with van der Waals surface area (Å²) in [5.74, 6) is 0.351. The number of phenolic OH excluding ortho intramolecular Hbond substituents is 1. The van der Waals surface area contributed by atoms with Gasteiger partial charge in [-0.25, -0.2) is 8.89 Å². The molecule has 0 saturated heterocycles. The first kappa shape index (κ1) is 21.8. The first-order valence-corrected chi connectivity index (χ1v) is 9.79. The Hall–Kier alpha value is -2.52. The van der Waals surface area contributed by atoms with E-state index in [-0.39, 0.29) is 30.0 Å². The number of benzene rings is 1. The molecule has 1 unspecified atom stereocenters. The van der Waals surface area contributed by atoms with Gasteiger partial charge in [-0.15, -0.1) is 0 Å². The summed E-state index contributed by atoms with van der Waals surface area (Å²) in [6.45, 7) is 5.28. The monoisotopic (exact) mass is 407 g/mol. The van der Waals surface area contributed by atoms with Gasteiger partial charge < -0.3 is 14.9 Å². The number of ether oxygens (including phenoxy) is 1. The van der Waals surface area contributed by atoms with Gasteiger partial charge in [0.25, 0.3) is 5.56 Å². The highest BCUT2D eigenvalue weighted by Crippen LogP contribution is 2.26. The fourth-order valence-corrected chi connectivity index (χ4v) is 2.97. The number of hydrogen-bond acceptors (Lipinski definition) is 6. The largest absolute Gasteiger partial charge is 0.507 e. The van der Waals surface area contributed by atoms with Gasteiger partial charge in [-0.05, 0) is 39.0 Å². The predicted octanol–water partition coefficient (Wildman–Crippen LogP) is 1.66. The third-order valence-electron chi connectivity index (χ3n) is 3.83. The minimum Gasteiger partial charge on any atom is -0.507 e. The summed E-state index contributed by atoms with van der Waals surface area (Å²) in [5.41, 5.74) is 0.265. The molecule has 0 fully saturated rings.